The highest BCUT2D eigenvalue weighted by atomic mass is 15.1. The third-order valence-corrected chi connectivity index (χ3v) is 5.88. The molecule has 2 saturated heterocycles. The second kappa shape index (κ2) is 8.51. The Labute approximate surface area is 149 Å². The minimum atomic E-state index is 0.400. The fraction of sp³-hybridized carbons (Fsp3) is 0.857. The number of hydrogen-bond donors (Lipinski definition) is 1. The van der Waals surface area contributed by atoms with E-state index in [1.807, 2.05) is 0 Å². The molecule has 3 nitrogen and oxygen atoms in total. The second-order valence-electron chi connectivity index (χ2n) is 8.91. The normalized spacial score (nSPS) is 25.5. The molecule has 1 aliphatic carbocycles. The molecule has 2 heterocycles. The first-order valence-electron chi connectivity index (χ1n) is 10.4. The summed E-state index contributed by atoms with van der Waals surface area (Å²) < 4.78 is 2.65. The van der Waals surface area contributed by atoms with E-state index in [1.165, 1.54) is 96.2 Å². The lowest BCUT2D eigenvalue weighted by Crippen LogP contribution is -2.35. The Morgan fingerprint density at radius 1 is 1.00 bits per heavy atom. The fourth-order valence-electron chi connectivity index (χ4n) is 4.60. The predicted octanol–water partition coefficient (Wildman–Crippen LogP) is 3.79. The lowest BCUT2D eigenvalue weighted by atomic mass is 9.78. The highest BCUT2D eigenvalue weighted by molar-refractivity contribution is 5.92. The summed E-state index contributed by atoms with van der Waals surface area (Å²) in [6.07, 6.45) is 14.6. The standard InChI is InChI=1S/C21H37N3/c1-21(2)17-19(16-20(18-21)24-14-7-4-8-15-24)22-10-9-13-23-11-5-3-6-12-23/h16H,3-15,17-18H2,1-2H3/p+1. The molecule has 0 radical (unpaired) electrons. The van der Waals surface area contributed by atoms with Gasteiger partial charge in [0.1, 0.15) is 13.1 Å². The van der Waals surface area contributed by atoms with Gasteiger partial charge in [0.05, 0.1) is 0 Å². The summed E-state index contributed by atoms with van der Waals surface area (Å²) in [5.74, 6) is 0. The van der Waals surface area contributed by atoms with Crippen molar-refractivity contribution in [3.63, 3.8) is 0 Å². The van der Waals surface area contributed by atoms with Gasteiger partial charge in [-0.2, -0.15) is 0 Å². The summed E-state index contributed by atoms with van der Waals surface area (Å²) in [6, 6.07) is 0. The maximum absolute atomic E-state index is 3.77. The summed E-state index contributed by atoms with van der Waals surface area (Å²) >= 11 is 0. The summed E-state index contributed by atoms with van der Waals surface area (Å²) in [4.78, 5) is 2.65. The van der Waals surface area contributed by atoms with Gasteiger partial charge >= 0.3 is 0 Å². The molecular weight excluding hydrogens is 294 g/mol. The van der Waals surface area contributed by atoms with Crippen molar-refractivity contribution in [3.8, 4) is 0 Å². The van der Waals surface area contributed by atoms with Crippen LogP contribution in [0.15, 0.2) is 11.8 Å². The Kier molecular flexibility index (Phi) is 6.37. The summed E-state index contributed by atoms with van der Waals surface area (Å²) in [7, 11) is 0. The number of allylic oxidation sites excluding steroid dienone is 2. The van der Waals surface area contributed by atoms with Gasteiger partial charge in [0.25, 0.3) is 0 Å². The molecule has 2 fully saturated rings. The van der Waals surface area contributed by atoms with Gasteiger partial charge in [-0.1, -0.05) is 20.3 Å². The van der Waals surface area contributed by atoms with Gasteiger partial charge in [-0.15, -0.1) is 0 Å². The van der Waals surface area contributed by atoms with Crippen molar-refractivity contribution in [2.45, 2.75) is 71.6 Å². The molecule has 0 aromatic heterocycles. The molecule has 0 amide bonds. The maximum Gasteiger partial charge on any atom is 0.178 e. The minimum Gasteiger partial charge on any atom is -0.388 e. The predicted molar refractivity (Wildman–Crippen MR) is 103 cm³/mol. The molecule has 0 aromatic rings. The lowest BCUT2D eigenvalue weighted by Gasteiger charge is -2.31. The number of nitrogens with one attached hydrogen (secondary N) is 1. The van der Waals surface area contributed by atoms with Crippen LogP contribution in [-0.2, 0) is 0 Å². The van der Waals surface area contributed by atoms with Crippen LogP contribution < -0.4 is 5.32 Å². The number of rotatable bonds is 5. The maximum atomic E-state index is 3.77. The third kappa shape index (κ3) is 5.34. The third-order valence-electron chi connectivity index (χ3n) is 5.88. The first-order chi connectivity index (χ1) is 11.6. The van der Waals surface area contributed by atoms with Crippen LogP contribution in [0.4, 0.5) is 0 Å². The van der Waals surface area contributed by atoms with Crippen LogP contribution in [0.3, 0.4) is 0 Å². The van der Waals surface area contributed by atoms with Gasteiger partial charge in [0, 0.05) is 37.6 Å². The minimum absolute atomic E-state index is 0.400. The number of hydrogen-bond acceptors (Lipinski definition) is 2. The molecule has 0 unspecified atom stereocenters. The number of piperidine rings is 2. The van der Waals surface area contributed by atoms with Gasteiger partial charge in [0.15, 0.2) is 5.71 Å². The zero-order valence-electron chi connectivity index (χ0n) is 16.1. The van der Waals surface area contributed by atoms with Crippen LogP contribution in [0.25, 0.3) is 0 Å². The molecule has 3 aliphatic rings. The second-order valence-corrected chi connectivity index (χ2v) is 8.91. The molecule has 0 bridgehead atoms. The van der Waals surface area contributed by atoms with Crippen molar-refractivity contribution < 1.29 is 4.58 Å². The SMILES string of the molecule is CC1(C)CC(NCCCN2CCCCC2)=CC(=[N+]2CCCCC2)C1. The Hall–Kier alpha value is -0.830. The highest BCUT2D eigenvalue weighted by Gasteiger charge is 2.31. The molecule has 3 heteroatoms. The average Bonchev–Trinajstić information content (AvgIpc) is 2.59. The van der Waals surface area contributed by atoms with Gasteiger partial charge in [-0.25, -0.2) is 4.58 Å². The van der Waals surface area contributed by atoms with E-state index in [-0.39, 0.29) is 0 Å². The lowest BCUT2D eigenvalue weighted by molar-refractivity contribution is -0.538. The van der Waals surface area contributed by atoms with Crippen LogP contribution in [0, 0.1) is 5.41 Å². The smallest absolute Gasteiger partial charge is 0.178 e. The molecule has 0 aromatic carbocycles. The molecule has 1 N–H and O–H groups in total. The van der Waals surface area contributed by atoms with Crippen LogP contribution in [0.5, 0.6) is 0 Å². The van der Waals surface area contributed by atoms with Crippen LogP contribution in [0.1, 0.15) is 71.6 Å². The van der Waals surface area contributed by atoms with E-state index < -0.39 is 0 Å². The quantitative estimate of drug-likeness (QED) is 0.610. The van der Waals surface area contributed by atoms with Crippen LogP contribution in [0.2, 0.25) is 0 Å². The van der Waals surface area contributed by atoms with Crippen molar-refractivity contribution in [2.24, 2.45) is 5.41 Å². The van der Waals surface area contributed by atoms with Gasteiger partial charge in [-0.05, 0) is 57.2 Å². The molecule has 24 heavy (non-hydrogen) atoms. The summed E-state index contributed by atoms with van der Waals surface area (Å²) in [6.45, 7) is 12.4. The summed E-state index contributed by atoms with van der Waals surface area (Å²) in [5.41, 5.74) is 3.46. The van der Waals surface area contributed by atoms with Crippen LogP contribution in [-0.4, -0.2) is 54.5 Å². The van der Waals surface area contributed by atoms with Crippen molar-refractivity contribution in [1.29, 1.82) is 0 Å². The Bertz CT molecular complexity index is 461. The van der Waals surface area contributed by atoms with Crippen molar-refractivity contribution >= 4 is 5.71 Å². The van der Waals surface area contributed by atoms with E-state index in [9.17, 15) is 0 Å². The highest BCUT2D eigenvalue weighted by Crippen LogP contribution is 2.33. The zero-order valence-corrected chi connectivity index (χ0v) is 16.1. The molecule has 2 aliphatic heterocycles. The van der Waals surface area contributed by atoms with Gasteiger partial charge in [0.2, 0.25) is 0 Å². The molecular formula is C21H38N3+. The average molecular weight is 333 g/mol. The Morgan fingerprint density at radius 3 is 2.46 bits per heavy atom. The van der Waals surface area contributed by atoms with Crippen molar-refractivity contribution in [2.75, 3.05) is 39.3 Å². The monoisotopic (exact) mass is 332 g/mol. The largest absolute Gasteiger partial charge is 0.388 e. The zero-order chi connectivity index (χ0) is 16.8. The summed E-state index contributed by atoms with van der Waals surface area (Å²) in [5, 5.41) is 3.77. The molecule has 0 saturated carbocycles. The Balaban J connectivity index is 1.52. The molecule has 0 spiro atoms. The number of likely N-dealkylation sites (tertiary alicyclic amines) is 1. The van der Waals surface area contributed by atoms with Crippen molar-refractivity contribution in [1.82, 2.24) is 10.2 Å². The molecule has 3 rings (SSSR count). The van der Waals surface area contributed by atoms with Gasteiger partial charge < -0.3 is 10.2 Å². The van der Waals surface area contributed by atoms with Crippen LogP contribution >= 0.6 is 0 Å². The first-order valence-corrected chi connectivity index (χ1v) is 10.4. The topological polar surface area (TPSA) is 18.3 Å². The van der Waals surface area contributed by atoms with E-state index in [1.54, 1.807) is 5.71 Å². The van der Waals surface area contributed by atoms with E-state index >= 15 is 0 Å². The van der Waals surface area contributed by atoms with E-state index in [0.29, 0.717) is 5.41 Å². The van der Waals surface area contributed by atoms with E-state index in [0.717, 1.165) is 6.54 Å². The van der Waals surface area contributed by atoms with E-state index in [2.05, 4.69) is 34.7 Å². The first kappa shape index (κ1) is 18.0. The molecule has 0 atom stereocenters. The molecule has 136 valence electrons. The van der Waals surface area contributed by atoms with E-state index in [4.69, 9.17) is 0 Å². The van der Waals surface area contributed by atoms with Crippen molar-refractivity contribution in [3.05, 3.63) is 11.8 Å². The fourth-order valence-corrected chi connectivity index (χ4v) is 4.60. The Morgan fingerprint density at radius 2 is 1.71 bits per heavy atom. The van der Waals surface area contributed by atoms with Gasteiger partial charge in [-0.3, -0.25) is 0 Å². The number of nitrogens with zero attached hydrogens (tertiary/aromatic N) is 2.